The maximum atomic E-state index is 2.49. The molecule has 28 heavy (non-hydrogen) atoms. The van der Waals surface area contributed by atoms with Crippen LogP contribution in [0.3, 0.4) is 0 Å². The molecule has 0 saturated carbocycles. The molecule has 0 nitrogen and oxygen atoms in total. The van der Waals surface area contributed by atoms with Gasteiger partial charge in [-0.2, -0.15) is 0 Å². The number of hydrogen-bond donors (Lipinski definition) is 0. The zero-order chi connectivity index (χ0) is 21.0. The van der Waals surface area contributed by atoms with E-state index in [1.807, 2.05) is 0 Å². The zero-order valence-corrected chi connectivity index (χ0v) is 21.0. The van der Waals surface area contributed by atoms with E-state index >= 15 is 0 Å². The fourth-order valence-corrected chi connectivity index (χ4v) is 5.18. The van der Waals surface area contributed by atoms with Crippen molar-refractivity contribution in [3.8, 4) is 0 Å². The maximum absolute atomic E-state index is 2.49. The highest BCUT2D eigenvalue weighted by molar-refractivity contribution is 4.65. The second kappa shape index (κ2) is 20.3. The zero-order valence-electron chi connectivity index (χ0n) is 21.0. The Balaban J connectivity index is 3.35. The summed E-state index contributed by atoms with van der Waals surface area (Å²) in [5, 5.41) is 0. The third-order valence-corrected chi connectivity index (χ3v) is 6.53. The lowest BCUT2D eigenvalue weighted by Crippen LogP contribution is -2.09. The molecule has 0 unspecified atom stereocenters. The fourth-order valence-electron chi connectivity index (χ4n) is 5.18. The summed E-state index contributed by atoms with van der Waals surface area (Å²) < 4.78 is 0. The minimum absolute atomic E-state index is 0.857. The molecule has 0 fully saturated rings. The second-order valence-corrected chi connectivity index (χ2v) is 10.8. The van der Waals surface area contributed by atoms with E-state index < -0.39 is 0 Å². The minimum Gasteiger partial charge on any atom is -0.0654 e. The fraction of sp³-hybridized carbons (Fsp3) is 1.00. The summed E-state index contributed by atoms with van der Waals surface area (Å²) in [7, 11) is 0. The lowest BCUT2D eigenvalue weighted by molar-refractivity contribution is 0.303. The molecule has 0 heteroatoms. The lowest BCUT2D eigenvalue weighted by Gasteiger charge is -2.21. The van der Waals surface area contributed by atoms with Crippen molar-refractivity contribution >= 4 is 0 Å². The average Bonchev–Trinajstić information content (AvgIpc) is 2.61. The molecule has 0 N–H and O–H groups in total. The molecule has 0 saturated heterocycles. The predicted octanol–water partition coefficient (Wildman–Crippen LogP) is 10.6. The van der Waals surface area contributed by atoms with Gasteiger partial charge in [0.15, 0.2) is 0 Å². The molecular formula is C28H58. The highest BCUT2D eigenvalue weighted by Gasteiger charge is 2.13. The molecule has 0 bridgehead atoms. The van der Waals surface area contributed by atoms with Gasteiger partial charge in [-0.3, -0.25) is 0 Å². The van der Waals surface area contributed by atoms with Crippen LogP contribution in [0.15, 0.2) is 0 Å². The van der Waals surface area contributed by atoms with Gasteiger partial charge in [-0.1, -0.05) is 138 Å². The molecule has 0 aliphatic rings. The molecule has 0 aromatic heterocycles. The second-order valence-electron chi connectivity index (χ2n) is 10.8. The van der Waals surface area contributed by atoms with Crippen LogP contribution in [0.2, 0.25) is 0 Å². The van der Waals surface area contributed by atoms with Crippen LogP contribution in [0, 0.1) is 23.7 Å². The first-order chi connectivity index (χ1) is 13.5. The molecule has 0 amide bonds. The molecule has 0 aliphatic heterocycles. The van der Waals surface area contributed by atoms with E-state index in [9.17, 15) is 0 Å². The summed E-state index contributed by atoms with van der Waals surface area (Å²) in [6.45, 7) is 14.5. The SMILES string of the molecule is CCCCCCCCCCCCCCCC[C@H](C)C[C@H](C)C[C@@H](C)CC(C)C. The molecule has 0 radical (unpaired) electrons. The van der Waals surface area contributed by atoms with Gasteiger partial charge < -0.3 is 0 Å². The quantitative estimate of drug-likeness (QED) is 0.170. The summed E-state index contributed by atoms with van der Waals surface area (Å²) in [6, 6.07) is 0. The number of unbranched alkanes of at least 4 members (excludes halogenated alkanes) is 13. The normalized spacial score (nSPS) is 15.1. The van der Waals surface area contributed by atoms with E-state index in [0.717, 1.165) is 23.7 Å². The molecule has 0 aliphatic carbocycles. The summed E-state index contributed by atoms with van der Waals surface area (Å²) in [6.07, 6.45) is 26.3. The Kier molecular flexibility index (Phi) is 20.3. The van der Waals surface area contributed by atoms with Crippen molar-refractivity contribution in [3.63, 3.8) is 0 Å². The van der Waals surface area contributed by atoms with E-state index in [0.29, 0.717) is 0 Å². The van der Waals surface area contributed by atoms with Gasteiger partial charge in [0.25, 0.3) is 0 Å². The van der Waals surface area contributed by atoms with Crippen LogP contribution in [0.1, 0.15) is 157 Å². The van der Waals surface area contributed by atoms with E-state index in [-0.39, 0.29) is 0 Å². The van der Waals surface area contributed by atoms with Gasteiger partial charge in [-0.25, -0.2) is 0 Å². The van der Waals surface area contributed by atoms with Gasteiger partial charge in [-0.15, -0.1) is 0 Å². The van der Waals surface area contributed by atoms with Gasteiger partial charge in [-0.05, 0) is 42.9 Å². The van der Waals surface area contributed by atoms with E-state index in [1.54, 1.807) is 0 Å². The van der Waals surface area contributed by atoms with E-state index in [4.69, 9.17) is 0 Å². The van der Waals surface area contributed by atoms with Gasteiger partial charge >= 0.3 is 0 Å². The minimum atomic E-state index is 0.857. The van der Waals surface area contributed by atoms with Gasteiger partial charge in [0.2, 0.25) is 0 Å². The highest BCUT2D eigenvalue weighted by atomic mass is 14.2. The molecule has 0 rings (SSSR count). The van der Waals surface area contributed by atoms with Crippen molar-refractivity contribution in [2.75, 3.05) is 0 Å². The monoisotopic (exact) mass is 394 g/mol. The Morgan fingerprint density at radius 1 is 0.393 bits per heavy atom. The van der Waals surface area contributed by atoms with Crippen LogP contribution in [-0.2, 0) is 0 Å². The van der Waals surface area contributed by atoms with Crippen molar-refractivity contribution in [1.29, 1.82) is 0 Å². The average molecular weight is 395 g/mol. The maximum Gasteiger partial charge on any atom is -0.0438 e. The summed E-state index contributed by atoms with van der Waals surface area (Å²) in [5.41, 5.74) is 0. The topological polar surface area (TPSA) is 0 Å². The van der Waals surface area contributed by atoms with Gasteiger partial charge in [0.1, 0.15) is 0 Å². The van der Waals surface area contributed by atoms with Crippen molar-refractivity contribution in [3.05, 3.63) is 0 Å². The standard InChI is InChI=1S/C28H58/c1-7-8-9-10-11-12-13-14-15-16-17-18-19-20-21-26(4)23-28(6)24-27(5)22-25(2)3/h25-28H,7-24H2,1-6H3/t26-,27-,28-/m0/s1. The molecule has 0 spiro atoms. The van der Waals surface area contributed by atoms with Crippen LogP contribution in [0.5, 0.6) is 0 Å². The number of hydrogen-bond acceptors (Lipinski definition) is 0. The summed E-state index contributed by atoms with van der Waals surface area (Å²) in [4.78, 5) is 0. The van der Waals surface area contributed by atoms with E-state index in [1.165, 1.54) is 116 Å². The Morgan fingerprint density at radius 2 is 0.750 bits per heavy atom. The first-order valence-electron chi connectivity index (χ1n) is 13.5. The van der Waals surface area contributed by atoms with Crippen LogP contribution in [-0.4, -0.2) is 0 Å². The highest BCUT2D eigenvalue weighted by Crippen LogP contribution is 2.26. The van der Waals surface area contributed by atoms with E-state index in [2.05, 4.69) is 41.5 Å². The van der Waals surface area contributed by atoms with Crippen molar-refractivity contribution in [2.45, 2.75) is 157 Å². The Labute approximate surface area is 181 Å². The van der Waals surface area contributed by atoms with Crippen LogP contribution >= 0.6 is 0 Å². The first-order valence-corrected chi connectivity index (χ1v) is 13.5. The first kappa shape index (κ1) is 28.0. The van der Waals surface area contributed by atoms with Crippen molar-refractivity contribution in [2.24, 2.45) is 23.7 Å². The lowest BCUT2D eigenvalue weighted by atomic mass is 9.84. The Hall–Kier alpha value is 0. The van der Waals surface area contributed by atoms with Crippen molar-refractivity contribution < 1.29 is 0 Å². The van der Waals surface area contributed by atoms with Crippen LogP contribution in [0.25, 0.3) is 0 Å². The predicted molar refractivity (Wildman–Crippen MR) is 131 cm³/mol. The summed E-state index contributed by atoms with van der Waals surface area (Å²) in [5.74, 6) is 3.60. The largest absolute Gasteiger partial charge is 0.0654 e. The molecule has 0 heterocycles. The molecule has 0 aromatic rings. The Morgan fingerprint density at radius 3 is 1.18 bits per heavy atom. The Bertz CT molecular complexity index is 292. The molecular weight excluding hydrogens is 336 g/mol. The molecule has 170 valence electrons. The van der Waals surface area contributed by atoms with Crippen LogP contribution < -0.4 is 0 Å². The van der Waals surface area contributed by atoms with Gasteiger partial charge in [0, 0.05) is 0 Å². The van der Waals surface area contributed by atoms with Crippen molar-refractivity contribution in [1.82, 2.24) is 0 Å². The smallest absolute Gasteiger partial charge is 0.0438 e. The van der Waals surface area contributed by atoms with Gasteiger partial charge in [0.05, 0.1) is 0 Å². The summed E-state index contributed by atoms with van der Waals surface area (Å²) >= 11 is 0. The molecule has 0 aromatic carbocycles. The molecule has 3 atom stereocenters. The van der Waals surface area contributed by atoms with Crippen LogP contribution in [0.4, 0.5) is 0 Å². The third kappa shape index (κ3) is 20.7. The third-order valence-electron chi connectivity index (χ3n) is 6.53. The number of rotatable bonds is 21.